The largest absolute Gasteiger partial charge is 0.312 e. The van der Waals surface area contributed by atoms with Crippen LogP contribution in [0.25, 0.3) is 0 Å². The van der Waals surface area contributed by atoms with Gasteiger partial charge in [0.2, 0.25) is 0 Å². The molecule has 112 valence electrons. The molecule has 3 heterocycles. The van der Waals surface area contributed by atoms with Gasteiger partial charge in [-0.3, -0.25) is 9.80 Å². The standard InChI is InChI=1S/C16H27N3S/c1-2-17-11-15-5-6-16(20-15)13-18-10-7-14(12-18)19-8-3-4-9-19/h5-6,14,17H,2-4,7-13H2,1H3. The van der Waals surface area contributed by atoms with Crippen molar-refractivity contribution in [1.82, 2.24) is 15.1 Å². The first kappa shape index (κ1) is 14.5. The van der Waals surface area contributed by atoms with Crippen LogP contribution in [0.5, 0.6) is 0 Å². The van der Waals surface area contributed by atoms with Crippen molar-refractivity contribution in [3.63, 3.8) is 0 Å². The maximum atomic E-state index is 3.41. The molecule has 0 radical (unpaired) electrons. The predicted octanol–water partition coefficient (Wildman–Crippen LogP) is 2.53. The van der Waals surface area contributed by atoms with Crippen LogP contribution >= 0.6 is 11.3 Å². The Morgan fingerprint density at radius 2 is 2.00 bits per heavy atom. The summed E-state index contributed by atoms with van der Waals surface area (Å²) in [4.78, 5) is 8.36. The first-order chi connectivity index (χ1) is 9.85. The Labute approximate surface area is 127 Å². The smallest absolute Gasteiger partial charge is 0.0328 e. The molecule has 20 heavy (non-hydrogen) atoms. The van der Waals surface area contributed by atoms with E-state index >= 15 is 0 Å². The third kappa shape index (κ3) is 3.61. The van der Waals surface area contributed by atoms with E-state index in [1.54, 1.807) is 0 Å². The van der Waals surface area contributed by atoms with Crippen molar-refractivity contribution in [1.29, 1.82) is 0 Å². The van der Waals surface area contributed by atoms with Crippen LogP contribution in [0.1, 0.15) is 35.9 Å². The molecule has 0 aliphatic carbocycles. The third-order valence-corrected chi connectivity index (χ3v) is 5.62. The van der Waals surface area contributed by atoms with Crippen molar-refractivity contribution in [2.75, 3.05) is 32.7 Å². The van der Waals surface area contributed by atoms with Gasteiger partial charge in [-0.25, -0.2) is 0 Å². The average Bonchev–Trinajstić information content (AvgIpc) is 3.18. The Morgan fingerprint density at radius 3 is 2.80 bits per heavy atom. The minimum absolute atomic E-state index is 0.832. The lowest BCUT2D eigenvalue weighted by atomic mass is 10.2. The summed E-state index contributed by atoms with van der Waals surface area (Å²) in [6, 6.07) is 5.44. The van der Waals surface area contributed by atoms with E-state index in [0.29, 0.717) is 0 Å². The molecule has 0 saturated carbocycles. The highest BCUT2D eigenvalue weighted by atomic mass is 32.1. The zero-order valence-electron chi connectivity index (χ0n) is 12.6. The molecular formula is C16H27N3S. The van der Waals surface area contributed by atoms with E-state index in [2.05, 4.69) is 34.2 Å². The van der Waals surface area contributed by atoms with E-state index in [4.69, 9.17) is 0 Å². The zero-order valence-corrected chi connectivity index (χ0v) is 13.4. The molecule has 0 spiro atoms. The van der Waals surface area contributed by atoms with E-state index in [0.717, 1.165) is 25.7 Å². The molecule has 1 aromatic rings. The summed E-state index contributed by atoms with van der Waals surface area (Å²) in [6.45, 7) is 10.6. The van der Waals surface area contributed by atoms with Crippen molar-refractivity contribution in [3.8, 4) is 0 Å². The fourth-order valence-electron chi connectivity index (χ4n) is 3.43. The van der Waals surface area contributed by atoms with Crippen LogP contribution < -0.4 is 5.32 Å². The normalized spacial score (nSPS) is 24.8. The van der Waals surface area contributed by atoms with Gasteiger partial charge in [0.05, 0.1) is 0 Å². The number of rotatable bonds is 6. The maximum absolute atomic E-state index is 3.41. The average molecular weight is 293 g/mol. The van der Waals surface area contributed by atoms with Gasteiger partial charge in [-0.1, -0.05) is 6.92 Å². The molecule has 1 aromatic heterocycles. The molecule has 0 aromatic carbocycles. The second-order valence-electron chi connectivity index (χ2n) is 6.07. The molecule has 2 fully saturated rings. The lowest BCUT2D eigenvalue weighted by Gasteiger charge is -2.23. The third-order valence-electron chi connectivity index (χ3n) is 4.55. The first-order valence-electron chi connectivity index (χ1n) is 8.10. The Hall–Kier alpha value is -0.420. The number of hydrogen-bond acceptors (Lipinski definition) is 4. The summed E-state index contributed by atoms with van der Waals surface area (Å²) in [6.07, 6.45) is 4.19. The summed E-state index contributed by atoms with van der Waals surface area (Å²) < 4.78 is 0. The minimum Gasteiger partial charge on any atom is -0.312 e. The summed E-state index contributed by atoms with van der Waals surface area (Å²) >= 11 is 1.98. The Morgan fingerprint density at radius 1 is 1.20 bits per heavy atom. The summed E-state index contributed by atoms with van der Waals surface area (Å²) in [5.41, 5.74) is 0. The van der Waals surface area contributed by atoms with Gasteiger partial charge in [0.25, 0.3) is 0 Å². The van der Waals surface area contributed by atoms with E-state index in [1.165, 1.54) is 55.2 Å². The predicted molar refractivity (Wildman–Crippen MR) is 86.2 cm³/mol. The Balaban J connectivity index is 1.47. The van der Waals surface area contributed by atoms with Gasteiger partial charge in [-0.2, -0.15) is 0 Å². The monoisotopic (exact) mass is 293 g/mol. The topological polar surface area (TPSA) is 18.5 Å². The van der Waals surface area contributed by atoms with Crippen molar-refractivity contribution in [2.24, 2.45) is 0 Å². The van der Waals surface area contributed by atoms with Gasteiger partial charge in [-0.05, 0) is 51.0 Å². The van der Waals surface area contributed by atoms with Crippen LogP contribution in [0, 0.1) is 0 Å². The van der Waals surface area contributed by atoms with Gasteiger partial charge in [-0.15, -0.1) is 11.3 Å². The van der Waals surface area contributed by atoms with Crippen molar-refractivity contribution < 1.29 is 0 Å². The molecule has 0 bridgehead atoms. The molecular weight excluding hydrogens is 266 g/mol. The molecule has 2 saturated heterocycles. The minimum atomic E-state index is 0.832. The van der Waals surface area contributed by atoms with Crippen LogP contribution in [0.15, 0.2) is 12.1 Å². The van der Waals surface area contributed by atoms with E-state index in [9.17, 15) is 0 Å². The number of nitrogens with zero attached hydrogens (tertiary/aromatic N) is 2. The molecule has 3 nitrogen and oxygen atoms in total. The molecule has 1 atom stereocenters. The number of nitrogens with one attached hydrogen (secondary N) is 1. The second-order valence-corrected chi connectivity index (χ2v) is 7.32. The molecule has 1 N–H and O–H groups in total. The quantitative estimate of drug-likeness (QED) is 0.869. The van der Waals surface area contributed by atoms with E-state index in [1.807, 2.05) is 11.3 Å². The SMILES string of the molecule is CCNCc1ccc(CN2CCC(N3CCCC3)C2)s1. The van der Waals surface area contributed by atoms with E-state index in [-0.39, 0.29) is 0 Å². The molecule has 2 aliphatic heterocycles. The molecule has 0 amide bonds. The van der Waals surface area contributed by atoms with Gasteiger partial charge in [0, 0.05) is 42.0 Å². The van der Waals surface area contributed by atoms with E-state index < -0.39 is 0 Å². The molecule has 2 aliphatic rings. The number of thiophene rings is 1. The van der Waals surface area contributed by atoms with Gasteiger partial charge in [0.15, 0.2) is 0 Å². The Bertz CT molecular complexity index is 412. The van der Waals surface area contributed by atoms with Crippen molar-refractivity contribution >= 4 is 11.3 Å². The van der Waals surface area contributed by atoms with Crippen LogP contribution in [-0.4, -0.2) is 48.6 Å². The summed E-state index contributed by atoms with van der Waals surface area (Å²) in [7, 11) is 0. The fourth-order valence-corrected chi connectivity index (χ4v) is 4.46. The number of hydrogen-bond donors (Lipinski definition) is 1. The van der Waals surface area contributed by atoms with Crippen LogP contribution in [-0.2, 0) is 13.1 Å². The van der Waals surface area contributed by atoms with Gasteiger partial charge < -0.3 is 5.32 Å². The van der Waals surface area contributed by atoms with Crippen LogP contribution in [0.2, 0.25) is 0 Å². The summed E-state index contributed by atoms with van der Waals surface area (Å²) in [5.74, 6) is 0. The molecule has 1 unspecified atom stereocenters. The lowest BCUT2D eigenvalue weighted by Crippen LogP contribution is -2.35. The fraction of sp³-hybridized carbons (Fsp3) is 0.750. The second kappa shape index (κ2) is 7.03. The highest BCUT2D eigenvalue weighted by Gasteiger charge is 2.29. The lowest BCUT2D eigenvalue weighted by molar-refractivity contribution is 0.230. The van der Waals surface area contributed by atoms with Crippen LogP contribution in [0.4, 0.5) is 0 Å². The number of likely N-dealkylation sites (tertiary alicyclic amines) is 2. The highest BCUT2D eigenvalue weighted by molar-refractivity contribution is 7.11. The zero-order chi connectivity index (χ0) is 13.8. The Kier molecular flexibility index (Phi) is 5.10. The van der Waals surface area contributed by atoms with Crippen LogP contribution in [0.3, 0.4) is 0 Å². The molecule has 4 heteroatoms. The highest BCUT2D eigenvalue weighted by Crippen LogP contribution is 2.24. The maximum Gasteiger partial charge on any atom is 0.0328 e. The van der Waals surface area contributed by atoms with Gasteiger partial charge in [0.1, 0.15) is 0 Å². The van der Waals surface area contributed by atoms with Crippen molar-refractivity contribution in [3.05, 3.63) is 21.9 Å². The first-order valence-corrected chi connectivity index (χ1v) is 8.91. The van der Waals surface area contributed by atoms with Crippen molar-refractivity contribution in [2.45, 2.75) is 45.3 Å². The summed E-state index contributed by atoms with van der Waals surface area (Å²) in [5, 5.41) is 3.41. The molecule has 3 rings (SSSR count). The van der Waals surface area contributed by atoms with Gasteiger partial charge >= 0.3 is 0 Å².